The number of aromatic nitrogens is 4. The topological polar surface area (TPSA) is 111 Å². The Morgan fingerprint density at radius 2 is 2.07 bits per heavy atom. The summed E-state index contributed by atoms with van der Waals surface area (Å²) in [5.41, 5.74) is 5.71. The van der Waals surface area contributed by atoms with E-state index < -0.39 is 17.6 Å². The second-order valence-corrected chi connectivity index (χ2v) is 6.99. The molecule has 160 valence electrons. The van der Waals surface area contributed by atoms with Gasteiger partial charge in [-0.1, -0.05) is 6.92 Å². The highest BCUT2D eigenvalue weighted by atomic mass is 19.4. The van der Waals surface area contributed by atoms with Crippen molar-refractivity contribution in [3.05, 3.63) is 36.2 Å². The zero-order valence-electron chi connectivity index (χ0n) is 16.5. The highest BCUT2D eigenvalue weighted by molar-refractivity contribution is 5.83. The minimum atomic E-state index is -4.60. The van der Waals surface area contributed by atoms with E-state index in [9.17, 15) is 18.0 Å². The number of fused-ring (bicyclic) bond motifs is 1. The first-order valence-electron chi connectivity index (χ1n) is 9.31. The summed E-state index contributed by atoms with van der Waals surface area (Å²) in [5, 5.41) is 10.7. The predicted octanol–water partition coefficient (Wildman–Crippen LogP) is 3.44. The molecular formula is C19H22F3N7O. The summed E-state index contributed by atoms with van der Waals surface area (Å²) in [5.74, 6) is -1.09. The van der Waals surface area contributed by atoms with Crippen LogP contribution in [0, 0.1) is 5.92 Å². The monoisotopic (exact) mass is 421 g/mol. The minimum absolute atomic E-state index is 0.0255. The average molecular weight is 421 g/mol. The zero-order chi connectivity index (χ0) is 21.9. The van der Waals surface area contributed by atoms with Gasteiger partial charge in [-0.2, -0.15) is 23.3 Å². The van der Waals surface area contributed by atoms with Crippen molar-refractivity contribution in [2.45, 2.75) is 25.9 Å². The maximum Gasteiger partial charge on any atom is 0.421 e. The molecule has 2 aromatic heterocycles. The molecule has 0 bridgehead atoms. The van der Waals surface area contributed by atoms with Gasteiger partial charge < -0.3 is 16.4 Å². The third-order valence-electron chi connectivity index (χ3n) is 4.69. The number of primary amides is 1. The summed E-state index contributed by atoms with van der Waals surface area (Å²) in [6, 6.07) is 5.42. The van der Waals surface area contributed by atoms with Gasteiger partial charge in [0.2, 0.25) is 11.9 Å². The summed E-state index contributed by atoms with van der Waals surface area (Å²) in [7, 11) is 1.79. The molecule has 0 radical (unpaired) electrons. The van der Waals surface area contributed by atoms with Crippen LogP contribution in [0.2, 0.25) is 0 Å². The number of hydrogen-bond donors (Lipinski definition) is 3. The lowest BCUT2D eigenvalue weighted by atomic mass is 10.1. The Morgan fingerprint density at radius 1 is 1.30 bits per heavy atom. The summed E-state index contributed by atoms with van der Waals surface area (Å²) >= 11 is 0. The van der Waals surface area contributed by atoms with Crippen molar-refractivity contribution < 1.29 is 18.0 Å². The Bertz CT molecular complexity index is 1050. The van der Waals surface area contributed by atoms with Gasteiger partial charge in [-0.05, 0) is 31.0 Å². The molecule has 1 amide bonds. The number of halogens is 3. The normalized spacial score (nSPS) is 12.7. The van der Waals surface area contributed by atoms with E-state index >= 15 is 0 Å². The maximum absolute atomic E-state index is 13.3. The first kappa shape index (κ1) is 21.3. The van der Waals surface area contributed by atoms with E-state index in [0.717, 1.165) is 17.1 Å². The molecule has 2 heterocycles. The summed E-state index contributed by atoms with van der Waals surface area (Å²) < 4.78 is 41.7. The average Bonchev–Trinajstić information content (AvgIpc) is 3.04. The van der Waals surface area contributed by atoms with Crippen molar-refractivity contribution in [2.24, 2.45) is 18.7 Å². The van der Waals surface area contributed by atoms with E-state index in [1.165, 1.54) is 0 Å². The van der Waals surface area contributed by atoms with Crippen molar-refractivity contribution >= 4 is 34.3 Å². The smallest absolute Gasteiger partial charge is 0.369 e. The molecule has 1 aromatic carbocycles. The molecule has 1 unspecified atom stereocenters. The Hall–Kier alpha value is -3.37. The van der Waals surface area contributed by atoms with Crippen molar-refractivity contribution in [2.75, 3.05) is 17.2 Å². The van der Waals surface area contributed by atoms with Crippen LogP contribution in [0.3, 0.4) is 0 Å². The molecule has 1 atom stereocenters. The van der Waals surface area contributed by atoms with E-state index in [4.69, 9.17) is 5.73 Å². The highest BCUT2D eigenvalue weighted by Crippen LogP contribution is 2.34. The van der Waals surface area contributed by atoms with Crippen molar-refractivity contribution in [3.8, 4) is 0 Å². The molecule has 11 heteroatoms. The van der Waals surface area contributed by atoms with E-state index in [1.807, 2.05) is 12.1 Å². The number of carbonyl (C=O) groups excluding carboxylic acids is 1. The van der Waals surface area contributed by atoms with Crippen LogP contribution in [0.25, 0.3) is 10.9 Å². The molecule has 0 saturated heterocycles. The van der Waals surface area contributed by atoms with Crippen LogP contribution >= 0.6 is 0 Å². The van der Waals surface area contributed by atoms with Gasteiger partial charge in [0.25, 0.3) is 0 Å². The van der Waals surface area contributed by atoms with Gasteiger partial charge in [0.05, 0.1) is 11.7 Å². The molecule has 0 aliphatic rings. The van der Waals surface area contributed by atoms with E-state index in [1.54, 1.807) is 30.9 Å². The number of benzene rings is 1. The fourth-order valence-corrected chi connectivity index (χ4v) is 2.89. The van der Waals surface area contributed by atoms with Crippen LogP contribution in [0.15, 0.2) is 30.6 Å². The van der Waals surface area contributed by atoms with Crippen LogP contribution in [0.1, 0.15) is 25.3 Å². The largest absolute Gasteiger partial charge is 0.421 e. The Balaban J connectivity index is 1.77. The molecule has 0 fully saturated rings. The predicted molar refractivity (Wildman–Crippen MR) is 107 cm³/mol. The Labute approximate surface area is 170 Å². The quantitative estimate of drug-likeness (QED) is 0.481. The van der Waals surface area contributed by atoms with Gasteiger partial charge in [0, 0.05) is 36.8 Å². The Morgan fingerprint density at radius 3 is 2.77 bits per heavy atom. The molecule has 8 nitrogen and oxygen atoms in total. The summed E-state index contributed by atoms with van der Waals surface area (Å²) in [6.45, 7) is 1.88. The highest BCUT2D eigenvalue weighted by Gasteiger charge is 2.35. The van der Waals surface area contributed by atoms with E-state index in [-0.39, 0.29) is 24.2 Å². The molecule has 3 rings (SSSR count). The first-order chi connectivity index (χ1) is 14.1. The summed E-state index contributed by atoms with van der Waals surface area (Å²) in [6.07, 6.45) is -1.22. The van der Waals surface area contributed by atoms with Crippen LogP contribution < -0.4 is 16.4 Å². The summed E-state index contributed by atoms with van der Waals surface area (Å²) in [4.78, 5) is 18.9. The molecule has 30 heavy (non-hydrogen) atoms. The minimum Gasteiger partial charge on any atom is -0.369 e. The number of hydrogen-bond acceptors (Lipinski definition) is 6. The number of amides is 1. The van der Waals surface area contributed by atoms with E-state index in [0.29, 0.717) is 18.5 Å². The lowest BCUT2D eigenvalue weighted by Gasteiger charge is -2.15. The lowest BCUT2D eigenvalue weighted by molar-refractivity contribution is -0.137. The molecule has 0 aliphatic carbocycles. The molecule has 3 aromatic rings. The number of nitrogens with one attached hydrogen (secondary N) is 2. The Kier molecular flexibility index (Phi) is 6.09. The van der Waals surface area contributed by atoms with Crippen LogP contribution in [-0.2, 0) is 18.0 Å². The van der Waals surface area contributed by atoms with Crippen molar-refractivity contribution in [1.29, 1.82) is 0 Å². The molecular weight excluding hydrogens is 399 g/mol. The number of aryl methyl sites for hydroxylation is 1. The van der Waals surface area contributed by atoms with Gasteiger partial charge in [-0.3, -0.25) is 9.48 Å². The SMILES string of the molecule is CC(CCCNc1nc(Nc2ccc3cnn(C)c3c2)ncc1C(F)(F)F)C(N)=O. The molecule has 0 spiro atoms. The molecule has 4 N–H and O–H groups in total. The third kappa shape index (κ3) is 4.97. The van der Waals surface area contributed by atoms with E-state index in [2.05, 4.69) is 25.7 Å². The number of nitrogens with two attached hydrogens (primary N) is 1. The number of rotatable bonds is 8. The van der Waals surface area contributed by atoms with Gasteiger partial charge >= 0.3 is 6.18 Å². The number of carbonyl (C=O) groups is 1. The second kappa shape index (κ2) is 8.56. The zero-order valence-corrected chi connectivity index (χ0v) is 16.5. The second-order valence-electron chi connectivity index (χ2n) is 6.99. The van der Waals surface area contributed by atoms with Crippen LogP contribution in [0.4, 0.5) is 30.6 Å². The van der Waals surface area contributed by atoms with Crippen LogP contribution in [-0.4, -0.2) is 32.2 Å². The fraction of sp³-hybridized carbons (Fsp3) is 0.368. The van der Waals surface area contributed by atoms with Crippen molar-refractivity contribution in [1.82, 2.24) is 19.7 Å². The maximum atomic E-state index is 13.3. The molecule has 0 saturated carbocycles. The third-order valence-corrected chi connectivity index (χ3v) is 4.69. The lowest BCUT2D eigenvalue weighted by Crippen LogP contribution is -2.21. The van der Waals surface area contributed by atoms with Gasteiger partial charge in [0.15, 0.2) is 0 Å². The number of anilines is 3. The standard InChI is InChI=1S/C19H22F3N7O/c1-11(16(23)30)4-3-7-24-17-14(19(20,21)22)10-25-18(28-17)27-13-6-5-12-9-26-29(2)15(12)8-13/h5-6,8-11H,3-4,7H2,1-2H3,(H2,23,30)(H2,24,25,27,28). The van der Waals surface area contributed by atoms with Crippen LogP contribution in [0.5, 0.6) is 0 Å². The number of alkyl halides is 3. The first-order valence-corrected chi connectivity index (χ1v) is 9.31. The van der Waals surface area contributed by atoms with Gasteiger partial charge in [-0.15, -0.1) is 0 Å². The number of nitrogens with zero attached hydrogens (tertiary/aromatic N) is 4. The van der Waals surface area contributed by atoms with Crippen molar-refractivity contribution in [3.63, 3.8) is 0 Å². The fourth-order valence-electron chi connectivity index (χ4n) is 2.89. The van der Waals surface area contributed by atoms with Gasteiger partial charge in [-0.25, -0.2) is 4.98 Å². The molecule has 0 aliphatic heterocycles. The van der Waals surface area contributed by atoms with Gasteiger partial charge in [0.1, 0.15) is 11.4 Å².